The van der Waals surface area contributed by atoms with Gasteiger partial charge in [0.2, 0.25) is 0 Å². The highest BCUT2D eigenvalue weighted by molar-refractivity contribution is 5.71. The molecule has 0 unspecified atom stereocenters. The largest absolute Gasteiger partial charge is 0.462 e. The number of ether oxygens (including phenoxy) is 3. The van der Waals surface area contributed by atoms with E-state index in [1.165, 1.54) is 141 Å². The van der Waals surface area contributed by atoms with Gasteiger partial charge in [-0.1, -0.05) is 241 Å². The number of carbonyl (C=O) groups excluding carboxylic acids is 3. The third-order valence-electron chi connectivity index (χ3n) is 11.7. The van der Waals surface area contributed by atoms with E-state index in [4.69, 9.17) is 14.2 Å². The van der Waals surface area contributed by atoms with E-state index in [1.54, 1.807) is 0 Å². The Hall–Kier alpha value is -3.15. The van der Waals surface area contributed by atoms with Crippen LogP contribution in [0, 0.1) is 0 Å². The van der Waals surface area contributed by atoms with Gasteiger partial charge < -0.3 is 14.2 Å². The first-order valence-electron chi connectivity index (χ1n) is 27.4. The molecule has 0 fully saturated rings. The summed E-state index contributed by atoms with van der Waals surface area (Å²) in [6.45, 7) is 6.52. The molecule has 0 N–H and O–H groups in total. The van der Waals surface area contributed by atoms with Crippen LogP contribution < -0.4 is 0 Å². The van der Waals surface area contributed by atoms with E-state index < -0.39 is 6.10 Å². The molecule has 0 heterocycles. The predicted octanol–water partition coefficient (Wildman–Crippen LogP) is 18.2. The molecule has 1 atom stereocenters. The Morgan fingerprint density at radius 2 is 0.600 bits per heavy atom. The van der Waals surface area contributed by atoms with Crippen LogP contribution in [0.4, 0.5) is 0 Å². The van der Waals surface area contributed by atoms with Gasteiger partial charge in [0, 0.05) is 19.3 Å². The van der Waals surface area contributed by atoms with Crippen LogP contribution in [-0.4, -0.2) is 37.2 Å². The van der Waals surface area contributed by atoms with Crippen molar-refractivity contribution >= 4 is 17.9 Å². The summed E-state index contributed by atoms with van der Waals surface area (Å²) in [5.74, 6) is -0.991. The number of carbonyl (C=O) groups is 3. The molecule has 6 nitrogen and oxygen atoms in total. The van der Waals surface area contributed by atoms with Crippen LogP contribution in [0.1, 0.15) is 265 Å². The zero-order valence-corrected chi connectivity index (χ0v) is 42.7. The minimum absolute atomic E-state index is 0.0996. The normalized spacial score (nSPS) is 12.6. The van der Waals surface area contributed by atoms with Crippen LogP contribution in [0.15, 0.2) is 72.9 Å². The van der Waals surface area contributed by atoms with Crippen molar-refractivity contribution in [2.45, 2.75) is 271 Å². The lowest BCUT2D eigenvalue weighted by molar-refractivity contribution is -0.166. The molecule has 0 spiro atoms. The van der Waals surface area contributed by atoms with Gasteiger partial charge in [0.1, 0.15) is 13.2 Å². The maximum Gasteiger partial charge on any atom is 0.306 e. The van der Waals surface area contributed by atoms with E-state index in [0.717, 1.165) is 77.0 Å². The molecule has 0 aliphatic rings. The number of rotatable bonds is 49. The molecular formula is C59H102O6. The minimum Gasteiger partial charge on any atom is -0.462 e. The van der Waals surface area contributed by atoms with Crippen molar-refractivity contribution in [3.8, 4) is 0 Å². The Kier molecular flexibility index (Phi) is 50.9. The van der Waals surface area contributed by atoms with Gasteiger partial charge in [0.25, 0.3) is 0 Å². The van der Waals surface area contributed by atoms with Crippen molar-refractivity contribution in [1.82, 2.24) is 0 Å². The van der Waals surface area contributed by atoms with Gasteiger partial charge in [-0.25, -0.2) is 0 Å². The highest BCUT2D eigenvalue weighted by Gasteiger charge is 2.19. The second kappa shape index (κ2) is 53.5. The summed E-state index contributed by atoms with van der Waals surface area (Å²) in [6, 6.07) is 0. The lowest BCUT2D eigenvalue weighted by Gasteiger charge is -2.18. The molecule has 374 valence electrons. The van der Waals surface area contributed by atoms with E-state index in [1.807, 2.05) is 6.08 Å². The zero-order valence-electron chi connectivity index (χ0n) is 42.7. The topological polar surface area (TPSA) is 78.9 Å². The van der Waals surface area contributed by atoms with Crippen LogP contribution in [0.5, 0.6) is 0 Å². The highest BCUT2D eigenvalue weighted by atomic mass is 16.6. The molecule has 0 rings (SSSR count). The Balaban J connectivity index is 4.43. The van der Waals surface area contributed by atoms with Crippen molar-refractivity contribution in [2.75, 3.05) is 13.2 Å². The summed E-state index contributed by atoms with van der Waals surface area (Å²) in [5.41, 5.74) is 0. The van der Waals surface area contributed by atoms with Gasteiger partial charge in [0.15, 0.2) is 6.10 Å². The molecule has 0 amide bonds. The fourth-order valence-corrected chi connectivity index (χ4v) is 7.52. The highest BCUT2D eigenvalue weighted by Crippen LogP contribution is 2.15. The van der Waals surface area contributed by atoms with E-state index >= 15 is 0 Å². The lowest BCUT2D eigenvalue weighted by atomic mass is 10.0. The van der Waals surface area contributed by atoms with Crippen LogP contribution in [0.3, 0.4) is 0 Å². The molecular weight excluding hydrogens is 805 g/mol. The summed E-state index contributed by atoms with van der Waals surface area (Å²) in [6.07, 6.45) is 67.6. The Labute approximate surface area is 402 Å². The first-order valence-corrected chi connectivity index (χ1v) is 27.4. The lowest BCUT2D eigenvalue weighted by Crippen LogP contribution is -2.30. The molecule has 0 saturated carbocycles. The molecule has 0 aliphatic heterocycles. The number of hydrogen-bond donors (Lipinski definition) is 0. The molecule has 65 heavy (non-hydrogen) atoms. The number of allylic oxidation sites excluding steroid dienone is 12. The van der Waals surface area contributed by atoms with Crippen molar-refractivity contribution in [1.29, 1.82) is 0 Å². The second-order valence-corrected chi connectivity index (χ2v) is 18.1. The van der Waals surface area contributed by atoms with Gasteiger partial charge >= 0.3 is 17.9 Å². The van der Waals surface area contributed by atoms with Gasteiger partial charge in [-0.15, -0.1) is 0 Å². The minimum atomic E-state index is -0.807. The van der Waals surface area contributed by atoms with Gasteiger partial charge in [-0.3, -0.25) is 14.4 Å². The average Bonchev–Trinajstić information content (AvgIpc) is 3.30. The summed E-state index contributed by atoms with van der Waals surface area (Å²) in [7, 11) is 0. The second-order valence-electron chi connectivity index (χ2n) is 18.1. The molecule has 0 saturated heterocycles. The first-order chi connectivity index (χ1) is 32.0. The van der Waals surface area contributed by atoms with Crippen LogP contribution in [-0.2, 0) is 28.6 Å². The van der Waals surface area contributed by atoms with Crippen molar-refractivity contribution in [2.24, 2.45) is 0 Å². The number of hydrogen-bond acceptors (Lipinski definition) is 6. The summed E-state index contributed by atoms with van der Waals surface area (Å²) < 4.78 is 16.7. The predicted molar refractivity (Wildman–Crippen MR) is 279 cm³/mol. The standard InChI is InChI=1S/C59H102O6/c1-4-7-10-13-16-19-22-24-26-28-29-31-33-35-38-40-43-46-49-52-58(61)64-55-56(65-59(62)53-50-47-44-41-36-21-18-15-12-9-6-3)54-63-57(60)51-48-45-42-39-37-34-32-30-27-25-23-20-17-14-11-8-5-2/h15-16,18-19,24,26,29,31,35,38,43,46,56H,4-14,17,20-23,25,27-28,30,32-34,36-37,39-42,44-45,47-55H2,1-3H3/b18-15-,19-16-,26-24-,31-29-,38-35-,46-43-/t56-/m0/s1. The fourth-order valence-electron chi connectivity index (χ4n) is 7.52. The molecule has 0 aliphatic carbocycles. The summed E-state index contributed by atoms with van der Waals surface area (Å²) in [5, 5.41) is 0. The molecule has 0 bridgehead atoms. The molecule has 0 aromatic rings. The van der Waals surface area contributed by atoms with Crippen molar-refractivity contribution < 1.29 is 28.6 Å². The maximum absolute atomic E-state index is 12.8. The van der Waals surface area contributed by atoms with E-state index in [2.05, 4.69) is 87.6 Å². The first kappa shape index (κ1) is 61.9. The van der Waals surface area contributed by atoms with Gasteiger partial charge in [-0.2, -0.15) is 0 Å². The quantitative estimate of drug-likeness (QED) is 0.0262. The SMILES string of the molecule is CCCC/C=C\CCCCCCCC(=O)O[C@H](COC(=O)CC/C=C\C/C=C\C/C=C\C/C=C\C/C=C\CCCCC)COC(=O)CCCCCCCCCCCCCCCCCCC. The monoisotopic (exact) mass is 907 g/mol. The third kappa shape index (κ3) is 51.7. The smallest absolute Gasteiger partial charge is 0.306 e. The Morgan fingerprint density at radius 3 is 1.05 bits per heavy atom. The molecule has 0 aromatic heterocycles. The summed E-state index contributed by atoms with van der Waals surface area (Å²) in [4.78, 5) is 38.0. The Morgan fingerprint density at radius 1 is 0.308 bits per heavy atom. The van der Waals surface area contributed by atoms with Crippen LogP contribution >= 0.6 is 0 Å². The molecule has 0 radical (unpaired) electrons. The fraction of sp³-hybridized carbons (Fsp3) is 0.746. The van der Waals surface area contributed by atoms with Gasteiger partial charge in [0.05, 0.1) is 0 Å². The number of esters is 3. The van der Waals surface area contributed by atoms with Crippen molar-refractivity contribution in [3.63, 3.8) is 0 Å². The van der Waals surface area contributed by atoms with Crippen LogP contribution in [0.25, 0.3) is 0 Å². The van der Waals surface area contributed by atoms with E-state index in [-0.39, 0.29) is 37.5 Å². The number of unbranched alkanes of at least 4 members (excludes halogenated alkanes) is 26. The van der Waals surface area contributed by atoms with Crippen LogP contribution in [0.2, 0.25) is 0 Å². The Bertz CT molecular complexity index is 1230. The summed E-state index contributed by atoms with van der Waals surface area (Å²) >= 11 is 0. The van der Waals surface area contributed by atoms with E-state index in [9.17, 15) is 14.4 Å². The zero-order chi connectivity index (χ0) is 47.2. The molecule has 0 aromatic carbocycles. The maximum atomic E-state index is 12.8. The third-order valence-corrected chi connectivity index (χ3v) is 11.7. The van der Waals surface area contributed by atoms with E-state index in [0.29, 0.717) is 19.3 Å². The van der Waals surface area contributed by atoms with Crippen molar-refractivity contribution in [3.05, 3.63) is 72.9 Å². The average molecular weight is 907 g/mol. The molecule has 6 heteroatoms. The van der Waals surface area contributed by atoms with Gasteiger partial charge in [-0.05, 0) is 77.0 Å².